The predicted molar refractivity (Wildman–Crippen MR) is 88.6 cm³/mol. The van der Waals surface area contributed by atoms with E-state index in [4.69, 9.17) is 13.9 Å². The second-order valence-electron chi connectivity index (χ2n) is 6.79. The highest BCUT2D eigenvalue weighted by molar-refractivity contribution is 6.74. The van der Waals surface area contributed by atoms with Gasteiger partial charge in [-0.2, -0.15) is 4.79 Å². The summed E-state index contributed by atoms with van der Waals surface area (Å²) in [6.45, 7) is 14.6. The highest BCUT2D eigenvalue weighted by Crippen LogP contribution is 2.39. The second-order valence-corrected chi connectivity index (χ2v) is 11.5. The van der Waals surface area contributed by atoms with Gasteiger partial charge in [0, 0.05) is 0 Å². The molecule has 1 unspecified atom stereocenters. The fourth-order valence-corrected chi connectivity index (χ4v) is 3.16. The van der Waals surface area contributed by atoms with Crippen molar-refractivity contribution < 1.29 is 28.3 Å². The molecule has 0 aromatic carbocycles. The lowest BCUT2D eigenvalue weighted by molar-refractivity contribution is -0.162. The van der Waals surface area contributed by atoms with Crippen LogP contribution in [0.1, 0.15) is 41.5 Å². The maximum Gasteiger partial charge on any atom is 0.420 e. The van der Waals surface area contributed by atoms with E-state index in [1.165, 1.54) is 6.92 Å². The molecule has 0 spiro atoms. The summed E-state index contributed by atoms with van der Waals surface area (Å²) >= 11 is 0. The monoisotopic (exact) mass is 344 g/mol. The van der Waals surface area contributed by atoms with Crippen molar-refractivity contribution in [3.63, 3.8) is 0 Å². The van der Waals surface area contributed by atoms with Gasteiger partial charge < -0.3 is 19.4 Å². The Kier molecular flexibility index (Phi) is 7.34. The number of nitrogens with zero attached hydrogens (tertiary/aromatic N) is 2. The van der Waals surface area contributed by atoms with Gasteiger partial charge in [0.1, 0.15) is 0 Å². The minimum Gasteiger partial charge on any atom is -0.463 e. The number of rotatable bonds is 7. The normalized spacial score (nSPS) is 14.4. The van der Waals surface area contributed by atoms with Gasteiger partial charge in [-0.25, -0.2) is 9.59 Å². The Labute approximate surface area is 139 Å². The number of ether oxygens (including phenoxy) is 2. The fourth-order valence-electron chi connectivity index (χ4n) is 1.65. The van der Waals surface area contributed by atoms with Crippen molar-refractivity contribution in [2.24, 2.45) is 0 Å². The Hall–Kier alpha value is -1.50. The lowest BCUT2D eigenvalue weighted by Crippen LogP contribution is -2.59. The molecule has 132 valence electrons. The van der Waals surface area contributed by atoms with Gasteiger partial charge in [-0.3, -0.25) is 0 Å². The Balaban J connectivity index is 6.00. The molecule has 0 rings (SSSR count). The van der Waals surface area contributed by atoms with E-state index in [0.717, 1.165) is 0 Å². The number of carbonyl (C=O) groups is 2. The smallest absolute Gasteiger partial charge is 0.420 e. The third-order valence-corrected chi connectivity index (χ3v) is 8.48. The molecule has 23 heavy (non-hydrogen) atoms. The van der Waals surface area contributed by atoms with Gasteiger partial charge >= 0.3 is 17.7 Å². The van der Waals surface area contributed by atoms with Gasteiger partial charge in [0.15, 0.2) is 8.32 Å². The van der Waals surface area contributed by atoms with E-state index in [0.29, 0.717) is 0 Å². The molecule has 0 aliphatic carbocycles. The van der Waals surface area contributed by atoms with Crippen LogP contribution >= 0.6 is 0 Å². The zero-order valence-corrected chi connectivity index (χ0v) is 16.3. The number of hydrogen-bond acceptors (Lipinski definition) is 5. The van der Waals surface area contributed by atoms with Gasteiger partial charge in [0.25, 0.3) is 5.60 Å². The SMILES string of the molecule is CCOC(=O)C(=[N+]=[N-])C(C)(O[Si](C)(C)C(C)(C)C)C(=O)OCC. The van der Waals surface area contributed by atoms with E-state index in [1.807, 2.05) is 33.9 Å². The fraction of sp³-hybridized carbons (Fsp3) is 0.800. The van der Waals surface area contributed by atoms with Gasteiger partial charge in [-0.1, -0.05) is 20.8 Å². The van der Waals surface area contributed by atoms with E-state index in [2.05, 4.69) is 4.79 Å². The molecule has 0 aromatic rings. The van der Waals surface area contributed by atoms with Crippen molar-refractivity contribution in [2.75, 3.05) is 13.2 Å². The molecule has 7 nitrogen and oxygen atoms in total. The molecule has 0 aromatic heterocycles. The summed E-state index contributed by atoms with van der Waals surface area (Å²) in [6, 6.07) is 0. The lowest BCUT2D eigenvalue weighted by Gasteiger charge is -2.40. The van der Waals surface area contributed by atoms with Crippen LogP contribution in [-0.4, -0.2) is 49.6 Å². The van der Waals surface area contributed by atoms with Crippen molar-refractivity contribution in [1.82, 2.24) is 0 Å². The summed E-state index contributed by atoms with van der Waals surface area (Å²) in [7, 11) is -2.48. The lowest BCUT2D eigenvalue weighted by atomic mass is 10.0. The van der Waals surface area contributed by atoms with Crippen LogP contribution in [0, 0.1) is 0 Å². The largest absolute Gasteiger partial charge is 0.463 e. The Morgan fingerprint density at radius 2 is 1.52 bits per heavy atom. The molecule has 0 N–H and O–H groups in total. The van der Waals surface area contributed by atoms with E-state index in [-0.39, 0.29) is 18.3 Å². The van der Waals surface area contributed by atoms with Gasteiger partial charge in [-0.05, 0) is 38.9 Å². The van der Waals surface area contributed by atoms with E-state index >= 15 is 0 Å². The summed E-state index contributed by atoms with van der Waals surface area (Å²) in [5, 5.41) is -0.226. The number of carbonyl (C=O) groups excluding carboxylic acids is 2. The van der Waals surface area contributed by atoms with Crippen molar-refractivity contribution in [3.05, 3.63) is 5.53 Å². The highest BCUT2D eigenvalue weighted by Gasteiger charge is 2.57. The topological polar surface area (TPSA) is 98.2 Å². The van der Waals surface area contributed by atoms with Crippen LogP contribution in [0.3, 0.4) is 0 Å². The minimum absolute atomic E-state index is 0.0802. The summed E-state index contributed by atoms with van der Waals surface area (Å²) < 4.78 is 16.0. The highest BCUT2D eigenvalue weighted by atomic mass is 28.4. The standard InChI is InChI=1S/C15H28N2O5Si/c1-9-20-12(18)11(17-16)15(6,13(19)21-10-2)22-23(7,8)14(3,4)5/h9-10H2,1-8H3. The first-order chi connectivity index (χ1) is 10.4. The van der Waals surface area contributed by atoms with E-state index in [9.17, 15) is 15.1 Å². The Bertz CT molecular complexity index is 506. The average molecular weight is 344 g/mol. The number of esters is 2. The van der Waals surface area contributed by atoms with Crippen LogP contribution in [-0.2, 0) is 23.5 Å². The van der Waals surface area contributed by atoms with Crippen LogP contribution in [0.2, 0.25) is 18.1 Å². The predicted octanol–water partition coefficient (Wildman–Crippen LogP) is 2.56. The number of hydrogen-bond donors (Lipinski definition) is 0. The molecule has 0 aliphatic heterocycles. The van der Waals surface area contributed by atoms with Crippen LogP contribution in [0.5, 0.6) is 0 Å². The van der Waals surface area contributed by atoms with Gasteiger partial charge in [0.2, 0.25) is 0 Å². The van der Waals surface area contributed by atoms with Crippen molar-refractivity contribution in [1.29, 1.82) is 0 Å². The molecular weight excluding hydrogens is 316 g/mol. The summed E-state index contributed by atoms with van der Waals surface area (Å²) in [5.74, 6) is -1.70. The summed E-state index contributed by atoms with van der Waals surface area (Å²) in [5.41, 5.74) is 6.95. The molecule has 0 saturated heterocycles. The first-order valence-electron chi connectivity index (χ1n) is 7.64. The quantitative estimate of drug-likeness (QED) is 0.232. The third kappa shape index (κ3) is 4.99. The zero-order valence-electron chi connectivity index (χ0n) is 15.3. The van der Waals surface area contributed by atoms with Gasteiger partial charge in [-0.15, -0.1) is 0 Å². The van der Waals surface area contributed by atoms with Crippen molar-refractivity contribution in [2.45, 2.75) is 65.3 Å². The zero-order chi connectivity index (χ0) is 18.5. The van der Waals surface area contributed by atoms with Gasteiger partial charge in [0.05, 0.1) is 13.2 Å². The molecule has 0 bridgehead atoms. The van der Waals surface area contributed by atoms with Crippen LogP contribution < -0.4 is 0 Å². The molecule has 0 aliphatic rings. The minimum atomic E-state index is -2.48. The second kappa shape index (κ2) is 7.85. The maximum absolute atomic E-state index is 12.5. The first kappa shape index (κ1) is 21.5. The summed E-state index contributed by atoms with van der Waals surface area (Å²) in [4.78, 5) is 27.5. The van der Waals surface area contributed by atoms with E-state index < -0.39 is 31.6 Å². The Morgan fingerprint density at radius 3 is 1.87 bits per heavy atom. The molecule has 0 heterocycles. The Morgan fingerprint density at radius 1 is 1.04 bits per heavy atom. The van der Waals surface area contributed by atoms with E-state index in [1.54, 1.807) is 13.8 Å². The molecule has 0 radical (unpaired) electrons. The molecule has 0 fully saturated rings. The van der Waals surface area contributed by atoms with Crippen molar-refractivity contribution >= 4 is 26.0 Å². The first-order valence-corrected chi connectivity index (χ1v) is 10.5. The average Bonchev–Trinajstić information content (AvgIpc) is 2.37. The van der Waals surface area contributed by atoms with Crippen LogP contribution in [0.4, 0.5) is 0 Å². The third-order valence-electron chi connectivity index (χ3n) is 3.95. The molecule has 0 amide bonds. The molecular formula is C15H28N2O5Si. The molecule has 0 saturated carbocycles. The van der Waals surface area contributed by atoms with Crippen LogP contribution in [0.15, 0.2) is 0 Å². The van der Waals surface area contributed by atoms with Crippen LogP contribution in [0.25, 0.3) is 5.53 Å². The summed E-state index contributed by atoms with van der Waals surface area (Å²) in [6.07, 6.45) is 0. The maximum atomic E-state index is 12.5. The molecule has 8 heteroatoms. The van der Waals surface area contributed by atoms with Crippen molar-refractivity contribution in [3.8, 4) is 0 Å². The molecule has 1 atom stereocenters.